The van der Waals surface area contributed by atoms with Gasteiger partial charge in [0.25, 0.3) is 0 Å². The fourth-order valence-electron chi connectivity index (χ4n) is 7.30. The van der Waals surface area contributed by atoms with Gasteiger partial charge in [0.2, 0.25) is 5.91 Å². The van der Waals surface area contributed by atoms with Gasteiger partial charge in [0.05, 0.1) is 13.2 Å². The summed E-state index contributed by atoms with van der Waals surface area (Å²) in [5.74, 6) is -0.692. The third-order valence-corrected chi connectivity index (χ3v) is 9.55. The number of nitrogens with zero attached hydrogens (tertiary/aromatic N) is 1. The predicted molar refractivity (Wildman–Crippen MR) is 164 cm³/mol. The minimum absolute atomic E-state index is 0.0272. The molecule has 2 fully saturated rings. The number of methoxy groups -OCH3 is 1. The summed E-state index contributed by atoms with van der Waals surface area (Å²) in [7, 11) is 1.68. The van der Waals surface area contributed by atoms with Gasteiger partial charge in [-0.1, -0.05) is 104 Å². The Hall–Kier alpha value is -2.86. The number of benzene rings is 2. The van der Waals surface area contributed by atoms with Crippen LogP contribution >= 0.6 is 0 Å². The third-order valence-electron chi connectivity index (χ3n) is 9.55. The lowest BCUT2D eigenvalue weighted by atomic mass is 9.72. The monoisotopic (exact) mass is 562 g/mol. The van der Waals surface area contributed by atoms with Gasteiger partial charge in [-0.3, -0.25) is 4.79 Å². The van der Waals surface area contributed by atoms with Gasteiger partial charge < -0.3 is 20.1 Å². The Balaban J connectivity index is 1.84. The summed E-state index contributed by atoms with van der Waals surface area (Å²) in [6.07, 6.45) is 2.75. The van der Waals surface area contributed by atoms with E-state index in [-0.39, 0.29) is 40.0 Å². The van der Waals surface area contributed by atoms with Crippen molar-refractivity contribution in [3.05, 3.63) is 65.2 Å². The van der Waals surface area contributed by atoms with E-state index in [4.69, 9.17) is 4.74 Å². The summed E-state index contributed by atoms with van der Waals surface area (Å²) in [5.41, 5.74) is 2.62. The molecule has 1 unspecified atom stereocenters. The van der Waals surface area contributed by atoms with Crippen LogP contribution in [0.3, 0.4) is 0 Å². The third kappa shape index (κ3) is 6.18. The van der Waals surface area contributed by atoms with E-state index in [1.54, 1.807) is 12.0 Å². The minimum atomic E-state index is -0.940. The van der Waals surface area contributed by atoms with Crippen LogP contribution in [0.5, 0.6) is 5.75 Å². The van der Waals surface area contributed by atoms with E-state index in [9.17, 15) is 14.7 Å². The number of nitrogens with one attached hydrogen (secondary N) is 1. The maximum Gasteiger partial charge on any atom is 0.326 e. The van der Waals surface area contributed by atoms with E-state index < -0.39 is 18.1 Å². The van der Waals surface area contributed by atoms with Gasteiger partial charge in [0.1, 0.15) is 11.8 Å². The quantitative estimate of drug-likeness (QED) is 0.381. The maximum absolute atomic E-state index is 14.5. The van der Waals surface area contributed by atoms with Crippen molar-refractivity contribution < 1.29 is 19.4 Å². The Morgan fingerprint density at radius 3 is 2.22 bits per heavy atom. The highest BCUT2D eigenvalue weighted by Gasteiger charge is 2.59. The number of amides is 1. The first-order valence-electron chi connectivity index (χ1n) is 15.1. The average Bonchev–Trinajstić information content (AvgIpc) is 3.43. The Labute approximate surface area is 246 Å². The maximum atomic E-state index is 14.5. The van der Waals surface area contributed by atoms with Crippen LogP contribution in [0, 0.1) is 22.7 Å². The summed E-state index contributed by atoms with van der Waals surface area (Å²) >= 11 is 0. The van der Waals surface area contributed by atoms with Gasteiger partial charge in [-0.2, -0.15) is 0 Å². The van der Waals surface area contributed by atoms with Gasteiger partial charge in [0.15, 0.2) is 0 Å². The average molecular weight is 563 g/mol. The first-order valence-corrected chi connectivity index (χ1v) is 15.1. The molecule has 41 heavy (non-hydrogen) atoms. The van der Waals surface area contributed by atoms with Gasteiger partial charge >= 0.3 is 5.97 Å². The van der Waals surface area contributed by atoms with Crippen LogP contribution < -0.4 is 10.1 Å². The number of carboxylic acid groups (broad SMARTS) is 1. The van der Waals surface area contributed by atoms with Crippen molar-refractivity contribution in [2.24, 2.45) is 22.7 Å². The Morgan fingerprint density at radius 1 is 1.05 bits per heavy atom. The molecule has 2 aromatic carbocycles. The molecule has 0 radical (unpaired) electrons. The van der Waals surface area contributed by atoms with Crippen molar-refractivity contribution in [2.45, 2.75) is 105 Å². The van der Waals surface area contributed by atoms with E-state index in [1.807, 2.05) is 36.4 Å². The molecule has 2 N–H and O–H groups in total. The van der Waals surface area contributed by atoms with Crippen molar-refractivity contribution >= 4 is 11.9 Å². The molecule has 5 atom stereocenters. The number of carboxylic acids is 1. The molecule has 2 aromatic rings. The highest BCUT2D eigenvalue weighted by molar-refractivity contribution is 5.87. The van der Waals surface area contributed by atoms with E-state index in [2.05, 4.69) is 72.8 Å². The van der Waals surface area contributed by atoms with Crippen molar-refractivity contribution in [3.63, 3.8) is 0 Å². The van der Waals surface area contributed by atoms with Crippen LogP contribution in [0.1, 0.15) is 97.4 Å². The van der Waals surface area contributed by atoms with Gasteiger partial charge in [-0.05, 0) is 46.3 Å². The van der Waals surface area contributed by atoms with E-state index in [0.717, 1.165) is 36.1 Å². The summed E-state index contributed by atoms with van der Waals surface area (Å²) < 4.78 is 5.74. The molecule has 1 aliphatic carbocycles. The number of ether oxygens (including phenoxy) is 1. The highest BCUT2D eigenvalue weighted by atomic mass is 16.5. The Morgan fingerprint density at radius 2 is 1.71 bits per heavy atom. The molecule has 1 amide bonds. The number of carbonyl (C=O) groups excluding carboxylic acids is 1. The fourth-order valence-corrected chi connectivity index (χ4v) is 7.30. The second-order valence-corrected chi connectivity index (χ2v) is 14.9. The lowest BCUT2D eigenvalue weighted by Gasteiger charge is -2.37. The molecule has 0 bridgehead atoms. The van der Waals surface area contributed by atoms with Crippen molar-refractivity contribution in [2.75, 3.05) is 7.11 Å². The molecule has 1 saturated carbocycles. The standard InChI is InChI=1S/C35H50N2O4/c1-33(2,3)24-17-18-26(41-9)23(20-24)21-36-28-27(34(4,5)6)30(32(39)40)37(29(28)22-14-11-10-12-15-22)31(38)25-16-13-19-35(25,7)8/h10-12,14-15,17-18,20,25,27-30,36H,13,16,19,21H2,1-9H3,(H,39,40)/t25?,27-,28-,29-,30-/m0/s1. The fraction of sp³-hybridized carbons (Fsp3) is 0.600. The van der Waals surface area contributed by atoms with E-state index in [1.165, 1.54) is 5.56 Å². The summed E-state index contributed by atoms with van der Waals surface area (Å²) in [5, 5.41) is 14.6. The molecule has 6 nitrogen and oxygen atoms in total. The minimum Gasteiger partial charge on any atom is -0.496 e. The van der Waals surface area contributed by atoms with Crippen molar-refractivity contribution in [3.8, 4) is 5.75 Å². The zero-order chi connectivity index (χ0) is 30.3. The Kier molecular flexibility index (Phi) is 8.67. The number of likely N-dealkylation sites (tertiary alicyclic amines) is 1. The van der Waals surface area contributed by atoms with Crippen molar-refractivity contribution in [1.29, 1.82) is 0 Å². The number of hydrogen-bond acceptors (Lipinski definition) is 4. The molecule has 224 valence electrons. The van der Waals surface area contributed by atoms with Gasteiger partial charge in [-0.15, -0.1) is 0 Å². The molecular formula is C35H50N2O4. The number of rotatable bonds is 7. The Bertz CT molecular complexity index is 1240. The molecule has 0 spiro atoms. The van der Waals surface area contributed by atoms with Crippen LogP contribution in [0.25, 0.3) is 0 Å². The molecular weight excluding hydrogens is 512 g/mol. The number of aliphatic carboxylic acids is 1. The zero-order valence-electron chi connectivity index (χ0n) is 26.5. The van der Waals surface area contributed by atoms with Crippen LogP contribution in [-0.2, 0) is 21.5 Å². The van der Waals surface area contributed by atoms with E-state index in [0.29, 0.717) is 6.54 Å². The second-order valence-electron chi connectivity index (χ2n) is 14.9. The summed E-state index contributed by atoms with van der Waals surface area (Å²) in [4.78, 5) is 29.4. The van der Waals surface area contributed by atoms with Crippen molar-refractivity contribution in [1.82, 2.24) is 10.2 Å². The lowest BCUT2D eigenvalue weighted by molar-refractivity contribution is -0.155. The molecule has 4 rings (SSSR count). The topological polar surface area (TPSA) is 78.9 Å². The molecule has 1 heterocycles. The van der Waals surface area contributed by atoms with E-state index >= 15 is 0 Å². The lowest BCUT2D eigenvalue weighted by Crippen LogP contribution is -2.50. The first kappa shape index (κ1) is 31.1. The van der Waals surface area contributed by atoms with Gasteiger partial charge in [-0.25, -0.2) is 4.79 Å². The largest absolute Gasteiger partial charge is 0.496 e. The van der Waals surface area contributed by atoms with Crippen LogP contribution in [-0.4, -0.2) is 41.1 Å². The molecule has 1 saturated heterocycles. The molecule has 2 aliphatic rings. The number of carbonyl (C=O) groups is 2. The predicted octanol–water partition coefficient (Wildman–Crippen LogP) is 6.98. The summed E-state index contributed by atoms with van der Waals surface area (Å²) in [6, 6.07) is 14.6. The summed E-state index contributed by atoms with van der Waals surface area (Å²) in [6.45, 7) is 17.7. The van der Waals surface area contributed by atoms with Crippen LogP contribution in [0.4, 0.5) is 0 Å². The zero-order valence-corrected chi connectivity index (χ0v) is 26.5. The smallest absolute Gasteiger partial charge is 0.326 e. The number of hydrogen-bond donors (Lipinski definition) is 2. The molecule has 0 aromatic heterocycles. The highest BCUT2D eigenvalue weighted by Crippen LogP contribution is 2.51. The van der Waals surface area contributed by atoms with Gasteiger partial charge in [0, 0.05) is 30.0 Å². The van der Waals surface area contributed by atoms with Crippen LogP contribution in [0.15, 0.2) is 48.5 Å². The first-order chi connectivity index (χ1) is 19.1. The molecule has 6 heteroatoms. The van der Waals surface area contributed by atoms with Crippen LogP contribution in [0.2, 0.25) is 0 Å². The normalized spacial score (nSPS) is 26.3. The SMILES string of the molecule is COc1ccc(C(C)(C)C)cc1CN[C@H]1[C@H](C(C)(C)C)[C@@H](C(=O)O)N(C(=O)C2CCCC2(C)C)[C@H]1c1ccccc1. The molecule has 1 aliphatic heterocycles. The second kappa shape index (κ2) is 11.4.